The summed E-state index contributed by atoms with van der Waals surface area (Å²) in [5.74, 6) is -0.314. The number of aryl methyl sites for hydroxylation is 1. The molecular weight excluding hydrogens is 362 g/mol. The number of benzene rings is 2. The molecule has 0 unspecified atom stereocenters. The lowest BCUT2D eigenvalue weighted by molar-refractivity contribution is -0.384. The van der Waals surface area contributed by atoms with Crippen LogP contribution in [0.1, 0.15) is 15.9 Å². The summed E-state index contributed by atoms with van der Waals surface area (Å²) in [6.45, 7) is 1.69. The van der Waals surface area contributed by atoms with E-state index in [9.17, 15) is 23.3 Å². The molecule has 2 N–H and O–H groups in total. The summed E-state index contributed by atoms with van der Waals surface area (Å²) in [6.07, 6.45) is 1.01. The van der Waals surface area contributed by atoms with Gasteiger partial charge in [-0.05, 0) is 30.7 Å². The van der Waals surface area contributed by atoms with Gasteiger partial charge in [-0.3, -0.25) is 19.6 Å². The summed E-state index contributed by atoms with van der Waals surface area (Å²) < 4.78 is 30.3. The number of nitrogens with zero attached hydrogens (tertiary/aromatic N) is 1. The van der Waals surface area contributed by atoms with Gasteiger partial charge in [0, 0.05) is 17.7 Å². The Bertz CT molecular complexity index is 972. The summed E-state index contributed by atoms with van der Waals surface area (Å²) >= 11 is 0. The fourth-order valence-corrected chi connectivity index (χ4v) is 2.79. The second kappa shape index (κ2) is 7.40. The quantitative estimate of drug-likeness (QED) is 0.586. The Hall–Kier alpha value is -3.14. The van der Waals surface area contributed by atoms with Crippen molar-refractivity contribution >= 4 is 33.0 Å². The predicted octanol–water partition coefficient (Wildman–Crippen LogP) is 2.54. The van der Waals surface area contributed by atoms with Crippen LogP contribution in [0.3, 0.4) is 0 Å². The fraction of sp³-hybridized carbons (Fsp3) is 0.188. The number of anilines is 2. The van der Waals surface area contributed by atoms with Crippen LogP contribution in [0.25, 0.3) is 0 Å². The van der Waals surface area contributed by atoms with Gasteiger partial charge in [0.25, 0.3) is 11.6 Å². The largest absolute Gasteiger partial charge is 0.495 e. The van der Waals surface area contributed by atoms with Crippen molar-refractivity contribution in [2.45, 2.75) is 6.92 Å². The van der Waals surface area contributed by atoms with Crippen molar-refractivity contribution in [2.75, 3.05) is 23.4 Å². The lowest BCUT2D eigenvalue weighted by Gasteiger charge is -2.12. The zero-order valence-electron chi connectivity index (χ0n) is 14.3. The minimum atomic E-state index is -3.50. The van der Waals surface area contributed by atoms with Crippen molar-refractivity contribution in [1.29, 1.82) is 0 Å². The van der Waals surface area contributed by atoms with Gasteiger partial charge < -0.3 is 10.1 Å². The highest BCUT2D eigenvalue weighted by Gasteiger charge is 2.16. The standard InChI is InChI=1S/C16H17N3O6S/c1-10-4-5-11(8-13(10)18-26(3,23)24)16(20)17-14-9-12(19(21)22)6-7-15(14)25-2/h4-9,18H,1-3H3,(H,17,20). The topological polar surface area (TPSA) is 128 Å². The highest BCUT2D eigenvalue weighted by molar-refractivity contribution is 7.92. The van der Waals surface area contributed by atoms with Gasteiger partial charge in [-0.2, -0.15) is 0 Å². The number of carbonyl (C=O) groups excluding carboxylic acids is 1. The average molecular weight is 379 g/mol. The van der Waals surface area contributed by atoms with Crippen LogP contribution in [0.2, 0.25) is 0 Å². The molecule has 2 rings (SSSR count). The minimum absolute atomic E-state index is 0.130. The van der Waals surface area contributed by atoms with Crippen LogP contribution in [-0.4, -0.2) is 32.6 Å². The number of carbonyl (C=O) groups is 1. The number of nitro benzene ring substituents is 1. The number of nitrogens with one attached hydrogen (secondary N) is 2. The molecule has 0 radical (unpaired) electrons. The molecule has 10 heteroatoms. The summed E-state index contributed by atoms with van der Waals surface area (Å²) in [5, 5.41) is 13.4. The molecule has 2 aromatic rings. The maximum Gasteiger partial charge on any atom is 0.271 e. The fourth-order valence-electron chi connectivity index (χ4n) is 2.17. The highest BCUT2D eigenvalue weighted by atomic mass is 32.2. The number of amides is 1. The van der Waals surface area contributed by atoms with Gasteiger partial charge in [-0.15, -0.1) is 0 Å². The number of methoxy groups -OCH3 is 1. The number of hydrogen-bond donors (Lipinski definition) is 2. The number of sulfonamides is 1. The number of rotatable bonds is 6. The SMILES string of the molecule is COc1ccc([N+](=O)[O-])cc1NC(=O)c1ccc(C)c(NS(C)(=O)=O)c1. The van der Waals surface area contributed by atoms with Crippen LogP contribution in [-0.2, 0) is 10.0 Å². The Kier molecular flexibility index (Phi) is 5.46. The monoisotopic (exact) mass is 379 g/mol. The summed E-state index contributed by atoms with van der Waals surface area (Å²) in [4.78, 5) is 22.8. The van der Waals surface area contributed by atoms with Gasteiger partial charge in [-0.1, -0.05) is 6.07 Å². The van der Waals surface area contributed by atoms with E-state index in [1.54, 1.807) is 13.0 Å². The van der Waals surface area contributed by atoms with Crippen LogP contribution in [0.4, 0.5) is 17.1 Å². The molecular formula is C16H17N3O6S. The first-order valence-electron chi connectivity index (χ1n) is 7.33. The van der Waals surface area contributed by atoms with E-state index in [1.165, 1.54) is 37.4 Å². The molecule has 9 nitrogen and oxygen atoms in total. The van der Waals surface area contributed by atoms with Crippen LogP contribution >= 0.6 is 0 Å². The zero-order valence-corrected chi connectivity index (χ0v) is 15.1. The van der Waals surface area contributed by atoms with Gasteiger partial charge in [0.15, 0.2) is 0 Å². The molecule has 2 aromatic carbocycles. The molecule has 26 heavy (non-hydrogen) atoms. The molecule has 0 aliphatic rings. The van der Waals surface area contributed by atoms with Crippen LogP contribution < -0.4 is 14.8 Å². The van der Waals surface area contributed by atoms with Crippen LogP contribution in [0.5, 0.6) is 5.75 Å². The molecule has 138 valence electrons. The van der Waals surface area contributed by atoms with E-state index in [0.717, 1.165) is 6.26 Å². The number of hydrogen-bond acceptors (Lipinski definition) is 6. The average Bonchev–Trinajstić information content (AvgIpc) is 2.55. The molecule has 1 amide bonds. The van der Waals surface area contributed by atoms with Crippen molar-refractivity contribution in [3.8, 4) is 5.75 Å². The summed E-state index contributed by atoms with van der Waals surface area (Å²) in [5.41, 5.74) is 1.01. The molecule has 0 saturated heterocycles. The summed E-state index contributed by atoms with van der Waals surface area (Å²) in [6, 6.07) is 8.30. The van der Waals surface area contributed by atoms with Gasteiger partial charge in [0.2, 0.25) is 10.0 Å². The highest BCUT2D eigenvalue weighted by Crippen LogP contribution is 2.29. The molecule has 0 bridgehead atoms. The first-order valence-corrected chi connectivity index (χ1v) is 9.22. The number of ether oxygens (including phenoxy) is 1. The van der Waals surface area contributed by atoms with Crippen molar-refractivity contribution in [1.82, 2.24) is 0 Å². The first kappa shape index (κ1) is 19.2. The van der Waals surface area contributed by atoms with Gasteiger partial charge >= 0.3 is 0 Å². The molecule has 0 aliphatic carbocycles. The Morgan fingerprint density at radius 1 is 1.15 bits per heavy atom. The minimum Gasteiger partial charge on any atom is -0.495 e. The van der Waals surface area contributed by atoms with Crippen LogP contribution in [0.15, 0.2) is 36.4 Å². The second-order valence-electron chi connectivity index (χ2n) is 5.50. The summed E-state index contributed by atoms with van der Waals surface area (Å²) in [7, 11) is -2.13. The molecule has 0 fully saturated rings. The lowest BCUT2D eigenvalue weighted by Crippen LogP contribution is -2.15. The van der Waals surface area contributed by atoms with E-state index in [2.05, 4.69) is 10.0 Å². The second-order valence-corrected chi connectivity index (χ2v) is 7.25. The Morgan fingerprint density at radius 2 is 1.85 bits per heavy atom. The zero-order chi connectivity index (χ0) is 19.5. The Morgan fingerprint density at radius 3 is 2.42 bits per heavy atom. The van der Waals surface area contributed by atoms with Crippen molar-refractivity contribution < 1.29 is 22.9 Å². The smallest absolute Gasteiger partial charge is 0.271 e. The van der Waals surface area contributed by atoms with E-state index in [1.807, 2.05) is 0 Å². The molecule has 0 heterocycles. The van der Waals surface area contributed by atoms with Crippen molar-refractivity contribution in [3.05, 3.63) is 57.6 Å². The van der Waals surface area contributed by atoms with E-state index < -0.39 is 20.9 Å². The maximum atomic E-state index is 12.5. The Balaban J connectivity index is 2.34. The van der Waals surface area contributed by atoms with Crippen molar-refractivity contribution in [3.63, 3.8) is 0 Å². The third-order valence-electron chi connectivity index (χ3n) is 3.44. The van der Waals surface area contributed by atoms with Crippen molar-refractivity contribution in [2.24, 2.45) is 0 Å². The van der Waals surface area contributed by atoms with Gasteiger partial charge in [0.05, 0.1) is 29.7 Å². The van der Waals surface area contributed by atoms with Gasteiger partial charge in [-0.25, -0.2) is 8.42 Å². The third-order valence-corrected chi connectivity index (χ3v) is 4.03. The first-order chi connectivity index (χ1) is 12.1. The number of non-ortho nitro benzene ring substituents is 1. The Labute approximate surface area is 150 Å². The number of nitro groups is 1. The lowest BCUT2D eigenvalue weighted by atomic mass is 10.1. The van der Waals surface area contributed by atoms with E-state index >= 15 is 0 Å². The van der Waals surface area contributed by atoms with Crippen LogP contribution in [0, 0.1) is 17.0 Å². The maximum absolute atomic E-state index is 12.5. The van der Waals surface area contributed by atoms with E-state index in [0.29, 0.717) is 5.56 Å². The third kappa shape index (κ3) is 4.70. The molecule has 0 aliphatic heterocycles. The molecule has 0 saturated carbocycles. The van der Waals surface area contributed by atoms with E-state index in [4.69, 9.17) is 4.74 Å². The van der Waals surface area contributed by atoms with E-state index in [-0.39, 0.29) is 28.4 Å². The molecule has 0 spiro atoms. The molecule has 0 aromatic heterocycles. The van der Waals surface area contributed by atoms with Gasteiger partial charge in [0.1, 0.15) is 5.75 Å². The normalized spacial score (nSPS) is 10.9. The molecule has 0 atom stereocenters. The predicted molar refractivity (Wildman–Crippen MR) is 97.2 cm³/mol.